The van der Waals surface area contributed by atoms with E-state index in [1.54, 1.807) is 53.7 Å². The highest BCUT2D eigenvalue weighted by atomic mass is 32.2. The number of hydrogen-bond donors (Lipinski definition) is 0. The molecule has 7 heteroatoms. The van der Waals surface area contributed by atoms with Gasteiger partial charge >= 0.3 is 0 Å². The summed E-state index contributed by atoms with van der Waals surface area (Å²) in [5, 5.41) is 8.93. The van der Waals surface area contributed by atoms with Crippen molar-refractivity contribution in [1.29, 1.82) is 0 Å². The number of nitrogens with zero attached hydrogens (tertiary/aromatic N) is 3. The molecule has 0 unspecified atom stereocenters. The minimum Gasteiger partial charge on any atom is -0.308 e. The van der Waals surface area contributed by atoms with Gasteiger partial charge < -0.3 is 4.57 Å². The first-order chi connectivity index (χ1) is 12.0. The number of rotatable bonds is 6. The van der Waals surface area contributed by atoms with E-state index in [0.717, 1.165) is 5.75 Å². The second-order valence-electron chi connectivity index (χ2n) is 5.75. The largest absolute Gasteiger partial charge is 0.308 e. The van der Waals surface area contributed by atoms with Gasteiger partial charge in [0, 0.05) is 12.8 Å². The van der Waals surface area contributed by atoms with Crippen molar-refractivity contribution in [2.75, 3.05) is 0 Å². The molecule has 0 bridgehead atoms. The lowest BCUT2D eigenvalue weighted by Gasteiger charge is -2.06. The Kier molecular flexibility index (Phi) is 5.24. The summed E-state index contributed by atoms with van der Waals surface area (Å²) in [4.78, 5) is 0.298. The van der Waals surface area contributed by atoms with Crippen molar-refractivity contribution in [3.05, 3.63) is 71.5 Å². The SMILES string of the molecule is Cc1ccccc1CSc1nnc(CS(=O)(=O)c2ccccc2)n1C. The van der Waals surface area contributed by atoms with Gasteiger partial charge in [0.2, 0.25) is 0 Å². The Morgan fingerprint density at radius 3 is 2.40 bits per heavy atom. The minimum absolute atomic E-state index is 0.161. The Hall–Kier alpha value is -2.12. The highest BCUT2D eigenvalue weighted by molar-refractivity contribution is 7.98. The molecule has 0 amide bonds. The van der Waals surface area contributed by atoms with Crippen LogP contribution in [-0.4, -0.2) is 23.2 Å². The summed E-state index contributed by atoms with van der Waals surface area (Å²) in [6, 6.07) is 16.6. The molecule has 25 heavy (non-hydrogen) atoms. The molecule has 0 atom stereocenters. The molecule has 0 saturated carbocycles. The molecular weight excluding hydrogens is 354 g/mol. The van der Waals surface area contributed by atoms with Crippen molar-refractivity contribution >= 4 is 21.6 Å². The Balaban J connectivity index is 1.74. The van der Waals surface area contributed by atoms with Crippen LogP contribution in [0.25, 0.3) is 0 Å². The fourth-order valence-corrected chi connectivity index (χ4v) is 4.73. The fourth-order valence-electron chi connectivity index (χ4n) is 2.39. The van der Waals surface area contributed by atoms with Crippen LogP contribution in [0.4, 0.5) is 0 Å². The second kappa shape index (κ2) is 7.41. The normalized spacial score (nSPS) is 11.6. The molecule has 3 aromatic rings. The average Bonchev–Trinajstić information content (AvgIpc) is 2.95. The molecule has 3 rings (SSSR count). The lowest BCUT2D eigenvalue weighted by Crippen LogP contribution is -2.09. The Labute approximate surface area is 152 Å². The van der Waals surface area contributed by atoms with Gasteiger partial charge in [0.25, 0.3) is 0 Å². The topological polar surface area (TPSA) is 64.8 Å². The third-order valence-electron chi connectivity index (χ3n) is 3.96. The molecule has 0 N–H and O–H groups in total. The smallest absolute Gasteiger partial charge is 0.191 e. The number of hydrogen-bond acceptors (Lipinski definition) is 5. The molecule has 0 radical (unpaired) electrons. The number of benzene rings is 2. The minimum atomic E-state index is -3.43. The predicted molar refractivity (Wildman–Crippen MR) is 99.1 cm³/mol. The van der Waals surface area contributed by atoms with Crippen molar-refractivity contribution in [2.24, 2.45) is 7.05 Å². The van der Waals surface area contributed by atoms with Crippen LogP contribution < -0.4 is 0 Å². The van der Waals surface area contributed by atoms with E-state index in [2.05, 4.69) is 29.3 Å². The van der Waals surface area contributed by atoms with Crippen LogP contribution in [0.3, 0.4) is 0 Å². The van der Waals surface area contributed by atoms with Crippen LogP contribution in [0.15, 0.2) is 64.6 Å². The number of aromatic nitrogens is 3. The Morgan fingerprint density at radius 1 is 1.00 bits per heavy atom. The molecule has 0 spiro atoms. The van der Waals surface area contributed by atoms with E-state index < -0.39 is 9.84 Å². The average molecular weight is 374 g/mol. The zero-order valence-electron chi connectivity index (χ0n) is 14.1. The number of aryl methyl sites for hydroxylation is 1. The zero-order valence-corrected chi connectivity index (χ0v) is 15.7. The predicted octanol–water partition coefficient (Wildman–Crippen LogP) is 3.39. The summed E-state index contributed by atoms with van der Waals surface area (Å²) < 4.78 is 26.8. The van der Waals surface area contributed by atoms with E-state index in [4.69, 9.17) is 0 Å². The molecule has 0 aliphatic heterocycles. The van der Waals surface area contributed by atoms with E-state index in [1.807, 2.05) is 12.1 Å². The maximum absolute atomic E-state index is 12.5. The lowest BCUT2D eigenvalue weighted by molar-refractivity contribution is 0.591. The fraction of sp³-hybridized carbons (Fsp3) is 0.222. The second-order valence-corrected chi connectivity index (χ2v) is 8.68. The van der Waals surface area contributed by atoms with Gasteiger partial charge in [-0.1, -0.05) is 54.2 Å². The van der Waals surface area contributed by atoms with Crippen LogP contribution in [-0.2, 0) is 28.4 Å². The molecule has 5 nitrogen and oxygen atoms in total. The molecule has 0 aliphatic carbocycles. The van der Waals surface area contributed by atoms with Crippen LogP contribution >= 0.6 is 11.8 Å². The van der Waals surface area contributed by atoms with Gasteiger partial charge in [-0.15, -0.1) is 10.2 Å². The third-order valence-corrected chi connectivity index (χ3v) is 6.66. The van der Waals surface area contributed by atoms with E-state index >= 15 is 0 Å². The van der Waals surface area contributed by atoms with Gasteiger partial charge in [-0.25, -0.2) is 8.42 Å². The maximum Gasteiger partial charge on any atom is 0.191 e. The van der Waals surface area contributed by atoms with Crippen molar-refractivity contribution < 1.29 is 8.42 Å². The monoisotopic (exact) mass is 373 g/mol. The summed E-state index contributed by atoms with van der Waals surface area (Å²) in [5.74, 6) is 1.05. The third kappa shape index (κ3) is 4.11. The standard InChI is InChI=1S/C18H19N3O2S2/c1-14-8-6-7-9-15(14)12-24-18-20-19-17(21(18)2)13-25(22,23)16-10-4-3-5-11-16/h3-11H,12-13H2,1-2H3. The zero-order chi connectivity index (χ0) is 17.9. The Morgan fingerprint density at radius 2 is 1.68 bits per heavy atom. The van der Waals surface area contributed by atoms with Gasteiger partial charge in [-0.2, -0.15) is 0 Å². The van der Waals surface area contributed by atoms with Gasteiger partial charge in [0.1, 0.15) is 11.6 Å². The van der Waals surface area contributed by atoms with E-state index in [0.29, 0.717) is 15.9 Å². The first-order valence-corrected chi connectivity index (χ1v) is 10.4. The summed E-state index contributed by atoms with van der Waals surface area (Å²) in [5.41, 5.74) is 2.46. The van der Waals surface area contributed by atoms with Gasteiger partial charge in [-0.05, 0) is 30.2 Å². The molecule has 1 aromatic heterocycles. The molecular formula is C18H19N3O2S2. The summed E-state index contributed by atoms with van der Waals surface area (Å²) in [7, 11) is -1.63. The number of thioether (sulfide) groups is 1. The van der Waals surface area contributed by atoms with Crippen molar-refractivity contribution in [3.63, 3.8) is 0 Å². The summed E-state index contributed by atoms with van der Waals surface area (Å²) in [6.07, 6.45) is 0. The van der Waals surface area contributed by atoms with Gasteiger partial charge in [-0.3, -0.25) is 0 Å². The number of sulfone groups is 1. The lowest BCUT2D eigenvalue weighted by atomic mass is 10.1. The van der Waals surface area contributed by atoms with Crippen LogP contribution in [0.5, 0.6) is 0 Å². The van der Waals surface area contributed by atoms with Crippen molar-refractivity contribution in [1.82, 2.24) is 14.8 Å². The first kappa shape index (κ1) is 17.7. The van der Waals surface area contributed by atoms with Crippen molar-refractivity contribution in [2.45, 2.75) is 28.5 Å². The van der Waals surface area contributed by atoms with E-state index in [9.17, 15) is 8.42 Å². The van der Waals surface area contributed by atoms with Crippen LogP contribution in [0, 0.1) is 6.92 Å². The highest BCUT2D eigenvalue weighted by Gasteiger charge is 2.20. The molecule has 130 valence electrons. The van der Waals surface area contributed by atoms with Gasteiger partial charge in [0.05, 0.1) is 4.90 Å². The van der Waals surface area contributed by atoms with Crippen LogP contribution in [0.1, 0.15) is 17.0 Å². The highest BCUT2D eigenvalue weighted by Crippen LogP contribution is 2.24. The molecule has 0 aliphatic rings. The quantitative estimate of drug-likeness (QED) is 0.620. The molecule has 0 fully saturated rings. The summed E-state index contributed by atoms with van der Waals surface area (Å²) in [6.45, 7) is 2.07. The molecule has 2 aromatic carbocycles. The maximum atomic E-state index is 12.5. The molecule has 1 heterocycles. The van der Waals surface area contributed by atoms with E-state index in [1.165, 1.54) is 11.1 Å². The summed E-state index contributed by atoms with van der Waals surface area (Å²) >= 11 is 1.55. The first-order valence-electron chi connectivity index (χ1n) is 7.81. The van der Waals surface area contributed by atoms with Crippen molar-refractivity contribution in [3.8, 4) is 0 Å². The molecule has 0 saturated heterocycles. The van der Waals surface area contributed by atoms with E-state index in [-0.39, 0.29) is 5.75 Å². The van der Waals surface area contributed by atoms with Crippen LogP contribution in [0.2, 0.25) is 0 Å². The Bertz CT molecular complexity index is 967. The van der Waals surface area contributed by atoms with Gasteiger partial charge in [0.15, 0.2) is 15.0 Å².